The van der Waals surface area contributed by atoms with Gasteiger partial charge in [0.25, 0.3) is 0 Å². The number of halogens is 4. The van der Waals surface area contributed by atoms with Crippen molar-refractivity contribution in [2.24, 2.45) is 0 Å². The van der Waals surface area contributed by atoms with Gasteiger partial charge in [-0.1, -0.05) is 0 Å². The summed E-state index contributed by atoms with van der Waals surface area (Å²) < 4.78 is 52.9. The van der Waals surface area contributed by atoms with E-state index in [1.54, 1.807) is 6.07 Å². The Balaban J connectivity index is 1.72. The van der Waals surface area contributed by atoms with Crippen LogP contribution in [0.2, 0.25) is 0 Å². The quantitative estimate of drug-likeness (QED) is 0.857. The fourth-order valence-corrected chi connectivity index (χ4v) is 3.26. The number of nitrogens with one attached hydrogen (secondary N) is 1. The van der Waals surface area contributed by atoms with E-state index in [9.17, 15) is 17.6 Å². The number of likely N-dealkylation sites (tertiary alicyclic amines) is 1. The Morgan fingerprint density at radius 3 is 2.58 bits per heavy atom. The zero-order valence-corrected chi connectivity index (χ0v) is 13.5. The van der Waals surface area contributed by atoms with Gasteiger partial charge < -0.3 is 14.8 Å². The van der Waals surface area contributed by atoms with Gasteiger partial charge >= 0.3 is 6.18 Å². The SMILES string of the molecule is CN1CCC(NCc2cc(F)c3c(ccn3CC(F)(F)F)c2)CC1. The van der Waals surface area contributed by atoms with E-state index < -0.39 is 18.5 Å². The molecule has 0 aliphatic carbocycles. The first-order valence-electron chi connectivity index (χ1n) is 8.08. The molecule has 132 valence electrons. The minimum absolute atomic E-state index is 0.00960. The maximum atomic E-state index is 14.3. The first kappa shape index (κ1) is 17.2. The summed E-state index contributed by atoms with van der Waals surface area (Å²) in [5.41, 5.74) is 0.763. The zero-order valence-electron chi connectivity index (χ0n) is 13.5. The fraction of sp³-hybridized carbons (Fsp3) is 0.529. The van der Waals surface area contributed by atoms with Crippen molar-refractivity contribution in [2.45, 2.75) is 38.1 Å². The Morgan fingerprint density at radius 2 is 1.92 bits per heavy atom. The molecule has 2 aromatic rings. The fourth-order valence-electron chi connectivity index (χ4n) is 3.26. The lowest BCUT2D eigenvalue weighted by molar-refractivity contribution is -0.139. The average Bonchev–Trinajstić information content (AvgIpc) is 2.88. The number of nitrogens with zero attached hydrogens (tertiary/aromatic N) is 2. The van der Waals surface area contributed by atoms with E-state index in [0.29, 0.717) is 18.0 Å². The highest BCUT2D eigenvalue weighted by molar-refractivity contribution is 5.81. The van der Waals surface area contributed by atoms with Crippen LogP contribution in [0.5, 0.6) is 0 Å². The van der Waals surface area contributed by atoms with E-state index in [1.807, 2.05) is 0 Å². The predicted octanol–water partition coefficient (Wildman–Crippen LogP) is 3.53. The van der Waals surface area contributed by atoms with Crippen molar-refractivity contribution >= 4 is 10.9 Å². The predicted molar refractivity (Wildman–Crippen MR) is 85.3 cm³/mol. The molecule has 3 nitrogen and oxygen atoms in total. The van der Waals surface area contributed by atoms with Gasteiger partial charge in [0.1, 0.15) is 12.4 Å². The van der Waals surface area contributed by atoms with Crippen molar-refractivity contribution in [3.63, 3.8) is 0 Å². The Morgan fingerprint density at radius 1 is 1.21 bits per heavy atom. The lowest BCUT2D eigenvalue weighted by Gasteiger charge is -2.29. The monoisotopic (exact) mass is 343 g/mol. The largest absolute Gasteiger partial charge is 0.406 e. The lowest BCUT2D eigenvalue weighted by atomic mass is 10.0. The molecule has 0 spiro atoms. The molecule has 1 aromatic heterocycles. The molecule has 1 aromatic carbocycles. The van der Waals surface area contributed by atoms with E-state index in [0.717, 1.165) is 36.1 Å². The number of alkyl halides is 3. The van der Waals surface area contributed by atoms with Crippen molar-refractivity contribution in [1.29, 1.82) is 0 Å². The van der Waals surface area contributed by atoms with Gasteiger partial charge in [0.2, 0.25) is 0 Å². The Kier molecular flexibility index (Phi) is 4.83. The molecule has 1 N–H and O–H groups in total. The molecule has 1 fully saturated rings. The number of fused-ring (bicyclic) bond motifs is 1. The van der Waals surface area contributed by atoms with Crippen molar-refractivity contribution < 1.29 is 17.6 Å². The minimum atomic E-state index is -4.37. The number of benzene rings is 1. The molecule has 2 heterocycles. The summed E-state index contributed by atoms with van der Waals surface area (Å²) in [6.45, 7) is 1.41. The lowest BCUT2D eigenvalue weighted by Crippen LogP contribution is -2.40. The van der Waals surface area contributed by atoms with Crippen LogP contribution in [0.15, 0.2) is 24.4 Å². The van der Waals surface area contributed by atoms with Gasteiger partial charge in [-0.2, -0.15) is 13.2 Å². The molecule has 24 heavy (non-hydrogen) atoms. The summed E-state index contributed by atoms with van der Waals surface area (Å²) in [5.74, 6) is -0.609. The Hall–Kier alpha value is -1.60. The third-order valence-electron chi connectivity index (χ3n) is 4.54. The molecular weight excluding hydrogens is 322 g/mol. The van der Waals surface area contributed by atoms with Crippen LogP contribution in [0.1, 0.15) is 18.4 Å². The third-order valence-corrected chi connectivity index (χ3v) is 4.54. The molecular formula is C17H21F4N3. The summed E-state index contributed by atoms with van der Waals surface area (Å²) in [7, 11) is 2.09. The van der Waals surface area contributed by atoms with E-state index in [1.165, 1.54) is 18.3 Å². The molecule has 3 rings (SSSR count). The Labute approximate surface area is 138 Å². The van der Waals surface area contributed by atoms with Gasteiger partial charge in [0.15, 0.2) is 0 Å². The van der Waals surface area contributed by atoms with Gasteiger partial charge in [-0.25, -0.2) is 4.39 Å². The topological polar surface area (TPSA) is 20.2 Å². The highest BCUT2D eigenvalue weighted by atomic mass is 19.4. The van der Waals surface area contributed by atoms with E-state index in [-0.39, 0.29) is 5.52 Å². The minimum Gasteiger partial charge on any atom is -0.336 e. The van der Waals surface area contributed by atoms with Gasteiger partial charge in [-0.05, 0) is 56.7 Å². The molecule has 1 aliphatic rings. The third kappa shape index (κ3) is 4.08. The summed E-state index contributed by atoms with van der Waals surface area (Å²) in [6.07, 6.45) is -0.992. The average molecular weight is 343 g/mol. The van der Waals surface area contributed by atoms with E-state index in [4.69, 9.17) is 0 Å². The van der Waals surface area contributed by atoms with Crippen LogP contribution in [-0.4, -0.2) is 41.8 Å². The van der Waals surface area contributed by atoms with Gasteiger partial charge in [-0.3, -0.25) is 0 Å². The van der Waals surface area contributed by atoms with Crippen LogP contribution in [0.25, 0.3) is 10.9 Å². The molecule has 0 bridgehead atoms. The molecule has 1 saturated heterocycles. The van der Waals surface area contributed by atoms with Crippen LogP contribution in [0.3, 0.4) is 0 Å². The van der Waals surface area contributed by atoms with Crippen LogP contribution >= 0.6 is 0 Å². The van der Waals surface area contributed by atoms with E-state index in [2.05, 4.69) is 17.3 Å². The Bertz CT molecular complexity index is 700. The van der Waals surface area contributed by atoms with E-state index >= 15 is 0 Å². The van der Waals surface area contributed by atoms with Crippen LogP contribution < -0.4 is 5.32 Å². The van der Waals surface area contributed by atoms with Crippen LogP contribution in [0, 0.1) is 5.82 Å². The molecule has 0 radical (unpaired) electrons. The molecule has 0 saturated carbocycles. The number of hydrogen-bond donors (Lipinski definition) is 1. The van der Waals surface area contributed by atoms with Crippen LogP contribution in [0.4, 0.5) is 17.6 Å². The summed E-state index contributed by atoms with van der Waals surface area (Å²) in [4.78, 5) is 2.27. The van der Waals surface area contributed by atoms with Crippen LogP contribution in [-0.2, 0) is 13.1 Å². The maximum Gasteiger partial charge on any atom is 0.406 e. The first-order valence-corrected chi connectivity index (χ1v) is 8.08. The van der Waals surface area contributed by atoms with Crippen molar-refractivity contribution in [3.05, 3.63) is 35.8 Å². The van der Waals surface area contributed by atoms with Gasteiger partial charge in [0, 0.05) is 24.2 Å². The van der Waals surface area contributed by atoms with Crippen molar-refractivity contribution in [2.75, 3.05) is 20.1 Å². The molecule has 0 amide bonds. The standard InChI is InChI=1S/C17H21F4N3/c1-23-5-3-14(4-6-23)22-10-12-8-13-2-7-24(11-17(19,20)21)16(13)15(18)9-12/h2,7-9,14,22H,3-6,10-11H2,1H3. The van der Waals surface area contributed by atoms with Crippen molar-refractivity contribution in [1.82, 2.24) is 14.8 Å². The normalized spacial score (nSPS) is 17.7. The maximum absolute atomic E-state index is 14.3. The smallest absolute Gasteiger partial charge is 0.336 e. The second-order valence-electron chi connectivity index (χ2n) is 6.53. The summed E-state index contributed by atoms with van der Waals surface area (Å²) >= 11 is 0. The van der Waals surface area contributed by atoms with Crippen molar-refractivity contribution in [3.8, 4) is 0 Å². The van der Waals surface area contributed by atoms with Gasteiger partial charge in [-0.15, -0.1) is 0 Å². The second-order valence-corrected chi connectivity index (χ2v) is 6.53. The molecule has 0 unspecified atom stereocenters. The number of piperidine rings is 1. The summed E-state index contributed by atoms with van der Waals surface area (Å²) in [5, 5.41) is 3.91. The molecule has 7 heteroatoms. The highest BCUT2D eigenvalue weighted by Gasteiger charge is 2.29. The molecule has 1 aliphatic heterocycles. The first-order chi connectivity index (χ1) is 11.3. The zero-order chi connectivity index (χ0) is 17.3. The van der Waals surface area contributed by atoms with Gasteiger partial charge in [0.05, 0.1) is 5.52 Å². The molecule has 0 atom stereocenters. The summed E-state index contributed by atoms with van der Waals surface area (Å²) in [6, 6.07) is 5.02. The number of hydrogen-bond acceptors (Lipinski definition) is 2. The number of aromatic nitrogens is 1. The number of rotatable bonds is 4. The highest BCUT2D eigenvalue weighted by Crippen LogP contribution is 2.26. The second kappa shape index (κ2) is 6.72.